The number of anilines is 1. The number of hydrogen-bond donors (Lipinski definition) is 2. The summed E-state index contributed by atoms with van der Waals surface area (Å²) in [5.41, 5.74) is 2.28. The summed E-state index contributed by atoms with van der Waals surface area (Å²) in [7, 11) is -3.76. The summed E-state index contributed by atoms with van der Waals surface area (Å²) in [6.45, 7) is 3.71. The molecule has 1 heterocycles. The minimum absolute atomic E-state index is 0.0178. The SMILES string of the molecule is Cc1cccc(NS(=O)(=O)c2cc(C(=O)O)cs2)c1C. The quantitative estimate of drug-likeness (QED) is 0.909. The molecule has 0 amide bonds. The fourth-order valence-electron chi connectivity index (χ4n) is 1.63. The van der Waals surface area contributed by atoms with Crippen LogP contribution in [-0.4, -0.2) is 19.5 Å². The van der Waals surface area contributed by atoms with E-state index in [2.05, 4.69) is 4.72 Å². The standard InChI is InChI=1S/C13H13NO4S2/c1-8-4-3-5-11(9(8)2)14-20(17,18)12-6-10(7-19-12)13(15)16/h3-7,14H,1-2H3,(H,15,16). The van der Waals surface area contributed by atoms with Gasteiger partial charge in [-0.3, -0.25) is 4.72 Å². The summed E-state index contributed by atoms with van der Waals surface area (Å²) >= 11 is 0.883. The summed E-state index contributed by atoms with van der Waals surface area (Å²) in [5.74, 6) is -1.14. The first kappa shape index (κ1) is 14.5. The highest BCUT2D eigenvalue weighted by Gasteiger charge is 2.19. The minimum atomic E-state index is -3.76. The second kappa shape index (κ2) is 5.26. The lowest BCUT2D eigenvalue weighted by Crippen LogP contribution is -2.12. The molecule has 0 atom stereocenters. The highest BCUT2D eigenvalue weighted by atomic mass is 32.2. The fraction of sp³-hybridized carbons (Fsp3) is 0.154. The van der Waals surface area contributed by atoms with Gasteiger partial charge in [-0.2, -0.15) is 0 Å². The Kier molecular flexibility index (Phi) is 3.82. The van der Waals surface area contributed by atoms with E-state index in [4.69, 9.17) is 5.11 Å². The topological polar surface area (TPSA) is 83.5 Å². The average molecular weight is 311 g/mol. The maximum absolute atomic E-state index is 12.2. The van der Waals surface area contributed by atoms with Crippen LogP contribution in [0.15, 0.2) is 33.9 Å². The molecule has 0 bridgehead atoms. The van der Waals surface area contributed by atoms with Gasteiger partial charge >= 0.3 is 5.97 Å². The number of carboxylic acid groups (broad SMARTS) is 1. The van der Waals surface area contributed by atoms with Crippen LogP contribution in [0.3, 0.4) is 0 Å². The van der Waals surface area contributed by atoms with E-state index < -0.39 is 16.0 Å². The van der Waals surface area contributed by atoms with E-state index in [9.17, 15) is 13.2 Å². The zero-order valence-electron chi connectivity index (χ0n) is 10.9. The molecule has 2 rings (SSSR count). The van der Waals surface area contributed by atoms with Gasteiger partial charge in [0.15, 0.2) is 0 Å². The van der Waals surface area contributed by atoms with Gasteiger partial charge in [0.1, 0.15) is 4.21 Å². The van der Waals surface area contributed by atoms with Crippen molar-refractivity contribution in [2.45, 2.75) is 18.1 Å². The third-order valence-electron chi connectivity index (χ3n) is 2.94. The molecule has 7 heteroatoms. The van der Waals surface area contributed by atoms with Crippen molar-refractivity contribution in [3.05, 3.63) is 46.3 Å². The molecule has 0 radical (unpaired) electrons. The van der Waals surface area contributed by atoms with Crippen molar-refractivity contribution < 1.29 is 18.3 Å². The molecular formula is C13H13NO4S2. The lowest BCUT2D eigenvalue weighted by atomic mass is 10.1. The van der Waals surface area contributed by atoms with E-state index >= 15 is 0 Å². The molecule has 106 valence electrons. The molecule has 1 aromatic carbocycles. The molecule has 1 aromatic heterocycles. The molecule has 0 aliphatic carbocycles. The molecular weight excluding hydrogens is 298 g/mol. The van der Waals surface area contributed by atoms with Crippen molar-refractivity contribution in [3.8, 4) is 0 Å². The van der Waals surface area contributed by atoms with Crippen LogP contribution in [0.5, 0.6) is 0 Å². The van der Waals surface area contributed by atoms with Crippen molar-refractivity contribution in [1.29, 1.82) is 0 Å². The van der Waals surface area contributed by atoms with E-state index in [-0.39, 0.29) is 9.77 Å². The van der Waals surface area contributed by atoms with Crippen LogP contribution in [-0.2, 0) is 10.0 Å². The molecule has 20 heavy (non-hydrogen) atoms. The van der Waals surface area contributed by atoms with E-state index in [0.29, 0.717) is 5.69 Å². The van der Waals surface area contributed by atoms with Crippen molar-refractivity contribution in [2.75, 3.05) is 4.72 Å². The first-order valence-corrected chi connectivity index (χ1v) is 8.08. The molecule has 2 aromatic rings. The third-order valence-corrected chi connectivity index (χ3v) is 5.74. The van der Waals surface area contributed by atoms with Crippen LogP contribution < -0.4 is 4.72 Å². The van der Waals surface area contributed by atoms with Crippen LogP contribution in [0.2, 0.25) is 0 Å². The highest BCUT2D eigenvalue weighted by Crippen LogP contribution is 2.25. The largest absolute Gasteiger partial charge is 0.478 e. The van der Waals surface area contributed by atoms with Gasteiger partial charge in [-0.05, 0) is 37.1 Å². The number of sulfonamides is 1. The molecule has 0 fully saturated rings. The fourth-order valence-corrected chi connectivity index (χ4v) is 3.90. The Morgan fingerprint density at radius 2 is 2.00 bits per heavy atom. The van der Waals surface area contributed by atoms with Crippen molar-refractivity contribution in [3.63, 3.8) is 0 Å². The Morgan fingerprint density at radius 1 is 1.30 bits per heavy atom. The first-order chi connectivity index (χ1) is 9.31. The van der Waals surface area contributed by atoms with E-state index in [1.165, 1.54) is 5.38 Å². The lowest BCUT2D eigenvalue weighted by molar-refractivity contribution is 0.0697. The molecule has 0 saturated carbocycles. The molecule has 0 aliphatic heterocycles. The monoisotopic (exact) mass is 311 g/mol. The summed E-state index contributed by atoms with van der Waals surface area (Å²) in [4.78, 5) is 10.8. The lowest BCUT2D eigenvalue weighted by Gasteiger charge is -2.10. The second-order valence-corrected chi connectivity index (χ2v) is 7.13. The first-order valence-electron chi connectivity index (χ1n) is 5.72. The molecule has 2 N–H and O–H groups in total. The Morgan fingerprint density at radius 3 is 2.60 bits per heavy atom. The predicted molar refractivity (Wildman–Crippen MR) is 78.0 cm³/mol. The summed E-state index contributed by atoms with van der Waals surface area (Å²) in [6.07, 6.45) is 0. The van der Waals surface area contributed by atoms with E-state index in [1.54, 1.807) is 12.1 Å². The highest BCUT2D eigenvalue weighted by molar-refractivity contribution is 7.94. The third kappa shape index (κ3) is 2.83. The minimum Gasteiger partial charge on any atom is -0.478 e. The van der Waals surface area contributed by atoms with Gasteiger partial charge in [-0.15, -0.1) is 11.3 Å². The van der Waals surface area contributed by atoms with Crippen LogP contribution in [0, 0.1) is 13.8 Å². The average Bonchev–Trinajstić information content (AvgIpc) is 2.85. The molecule has 0 aliphatic rings. The Hall–Kier alpha value is -1.86. The molecule has 5 nitrogen and oxygen atoms in total. The maximum atomic E-state index is 12.2. The zero-order chi connectivity index (χ0) is 14.9. The number of aromatic carboxylic acids is 1. The number of aryl methyl sites for hydroxylation is 1. The number of thiophene rings is 1. The Bertz CT molecular complexity index is 762. The van der Waals surface area contributed by atoms with Gasteiger partial charge in [-0.25, -0.2) is 13.2 Å². The van der Waals surface area contributed by atoms with Gasteiger partial charge in [-0.1, -0.05) is 12.1 Å². The zero-order valence-corrected chi connectivity index (χ0v) is 12.5. The van der Waals surface area contributed by atoms with Crippen molar-refractivity contribution >= 4 is 33.0 Å². The number of carboxylic acids is 1. The number of benzene rings is 1. The van der Waals surface area contributed by atoms with Gasteiger partial charge < -0.3 is 5.11 Å². The summed E-state index contributed by atoms with van der Waals surface area (Å²) in [5, 5.41) is 10.1. The van der Waals surface area contributed by atoms with Crippen LogP contribution in [0.25, 0.3) is 0 Å². The van der Waals surface area contributed by atoms with Gasteiger partial charge in [0.05, 0.1) is 11.3 Å². The van der Waals surface area contributed by atoms with Crippen LogP contribution in [0.4, 0.5) is 5.69 Å². The normalized spacial score (nSPS) is 11.3. The maximum Gasteiger partial charge on any atom is 0.336 e. The van der Waals surface area contributed by atoms with E-state index in [0.717, 1.165) is 28.5 Å². The Balaban J connectivity index is 2.35. The second-order valence-electron chi connectivity index (χ2n) is 4.31. The predicted octanol–water partition coefficient (Wildman–Crippen LogP) is 2.86. The van der Waals surface area contributed by atoms with E-state index in [1.807, 2.05) is 19.9 Å². The van der Waals surface area contributed by atoms with Gasteiger partial charge in [0.2, 0.25) is 0 Å². The number of nitrogens with one attached hydrogen (secondary N) is 1. The summed E-state index contributed by atoms with van der Waals surface area (Å²) in [6, 6.07) is 6.48. The van der Waals surface area contributed by atoms with Crippen LogP contribution in [0.1, 0.15) is 21.5 Å². The number of rotatable bonds is 4. The molecule has 0 unspecified atom stereocenters. The summed E-state index contributed by atoms with van der Waals surface area (Å²) < 4.78 is 26.9. The van der Waals surface area contributed by atoms with Gasteiger partial charge in [0, 0.05) is 5.38 Å². The van der Waals surface area contributed by atoms with Crippen molar-refractivity contribution in [2.24, 2.45) is 0 Å². The molecule has 0 saturated heterocycles. The number of hydrogen-bond acceptors (Lipinski definition) is 4. The van der Waals surface area contributed by atoms with Gasteiger partial charge in [0.25, 0.3) is 10.0 Å². The smallest absolute Gasteiger partial charge is 0.336 e. The van der Waals surface area contributed by atoms with Crippen molar-refractivity contribution in [1.82, 2.24) is 0 Å². The Labute approximate surface area is 120 Å². The number of carbonyl (C=O) groups is 1. The molecule has 0 spiro atoms. The van der Waals surface area contributed by atoms with Crippen LogP contribution >= 0.6 is 11.3 Å².